The topological polar surface area (TPSA) is 39.9 Å². The highest BCUT2D eigenvalue weighted by Gasteiger charge is 2.15. The van der Waals surface area contributed by atoms with Crippen molar-refractivity contribution in [1.29, 1.82) is 5.26 Å². The van der Waals surface area contributed by atoms with Gasteiger partial charge in [0.2, 0.25) is 0 Å². The molecule has 0 aromatic carbocycles. The minimum Gasteiger partial charge on any atom is -0.289 e. The van der Waals surface area contributed by atoms with E-state index >= 15 is 0 Å². The van der Waals surface area contributed by atoms with E-state index in [4.69, 9.17) is 5.26 Å². The van der Waals surface area contributed by atoms with Crippen molar-refractivity contribution in [3.05, 3.63) is 16.1 Å². The molecule has 64 valence electrons. The Balaban J connectivity index is 2.89. The van der Waals surface area contributed by atoms with E-state index in [2.05, 4.69) is 11.1 Å². The maximum atomic E-state index is 8.83. The van der Waals surface area contributed by atoms with E-state index in [1.807, 2.05) is 25.9 Å². The fourth-order valence-corrected chi connectivity index (χ4v) is 1.81. The van der Waals surface area contributed by atoms with E-state index in [-0.39, 0.29) is 6.04 Å². The molecule has 0 radical (unpaired) electrons. The van der Waals surface area contributed by atoms with Crippen LogP contribution in [-0.2, 0) is 0 Å². The lowest BCUT2D eigenvalue weighted by Crippen LogP contribution is -2.17. The second-order valence-corrected chi connectivity index (χ2v) is 4.07. The molecule has 1 aromatic heterocycles. The maximum Gasteiger partial charge on any atom is 0.150 e. The third-order valence-corrected chi connectivity index (χ3v) is 2.48. The molecule has 12 heavy (non-hydrogen) atoms. The second-order valence-electron chi connectivity index (χ2n) is 2.80. The summed E-state index contributed by atoms with van der Waals surface area (Å²) < 4.78 is 0. The van der Waals surface area contributed by atoms with Crippen LogP contribution in [0.3, 0.4) is 0 Å². The number of nitrogens with zero attached hydrogens (tertiary/aromatic N) is 3. The van der Waals surface area contributed by atoms with Gasteiger partial charge in [0.15, 0.2) is 0 Å². The van der Waals surface area contributed by atoms with Crippen molar-refractivity contribution in [2.24, 2.45) is 0 Å². The Bertz CT molecular complexity index is 297. The summed E-state index contributed by atoms with van der Waals surface area (Å²) in [5.74, 6) is 0. The van der Waals surface area contributed by atoms with Gasteiger partial charge in [-0.1, -0.05) is 0 Å². The summed E-state index contributed by atoms with van der Waals surface area (Å²) in [5.41, 5.74) is 0. The van der Waals surface area contributed by atoms with Crippen molar-refractivity contribution in [2.45, 2.75) is 13.0 Å². The Morgan fingerprint density at radius 3 is 2.67 bits per heavy atom. The summed E-state index contributed by atoms with van der Waals surface area (Å²) in [7, 11) is 3.76. The number of thiazole rings is 1. The average molecular weight is 181 g/mol. The van der Waals surface area contributed by atoms with Crippen LogP contribution in [0.4, 0.5) is 0 Å². The number of hydrogen-bond donors (Lipinski definition) is 0. The van der Waals surface area contributed by atoms with Gasteiger partial charge in [0.25, 0.3) is 0 Å². The van der Waals surface area contributed by atoms with Crippen LogP contribution in [0.25, 0.3) is 0 Å². The van der Waals surface area contributed by atoms with Crippen LogP contribution in [0, 0.1) is 18.3 Å². The molecule has 0 aliphatic heterocycles. The molecule has 1 heterocycles. The zero-order valence-corrected chi connectivity index (χ0v) is 8.22. The predicted molar refractivity (Wildman–Crippen MR) is 48.9 cm³/mol. The van der Waals surface area contributed by atoms with Gasteiger partial charge in [0.05, 0.1) is 6.07 Å². The summed E-state index contributed by atoms with van der Waals surface area (Å²) in [6.07, 6.45) is 1.80. The molecule has 0 fully saturated rings. The lowest BCUT2D eigenvalue weighted by Gasteiger charge is -2.13. The van der Waals surface area contributed by atoms with Gasteiger partial charge in [0, 0.05) is 11.1 Å². The molecule has 0 aliphatic rings. The van der Waals surface area contributed by atoms with Crippen LogP contribution in [0.5, 0.6) is 0 Å². The van der Waals surface area contributed by atoms with E-state index < -0.39 is 0 Å². The number of rotatable bonds is 2. The van der Waals surface area contributed by atoms with E-state index in [1.165, 1.54) is 0 Å². The lowest BCUT2D eigenvalue weighted by atomic mass is 10.3. The number of hydrogen-bond acceptors (Lipinski definition) is 4. The highest BCUT2D eigenvalue weighted by atomic mass is 32.1. The summed E-state index contributed by atoms with van der Waals surface area (Å²) >= 11 is 1.57. The standard InChI is InChI=1S/C8H11N3S/c1-6-5-10-8(12-6)7(4-9)11(2)3/h5,7H,1-3H3. The minimum atomic E-state index is -0.205. The van der Waals surface area contributed by atoms with Crippen LogP contribution < -0.4 is 0 Å². The Morgan fingerprint density at radius 2 is 2.33 bits per heavy atom. The molecule has 0 saturated heterocycles. The fraction of sp³-hybridized carbons (Fsp3) is 0.500. The third kappa shape index (κ3) is 1.81. The Morgan fingerprint density at radius 1 is 1.67 bits per heavy atom. The van der Waals surface area contributed by atoms with Gasteiger partial charge < -0.3 is 0 Å². The number of aromatic nitrogens is 1. The number of aryl methyl sites for hydroxylation is 1. The normalized spacial score (nSPS) is 12.9. The first kappa shape index (κ1) is 9.17. The minimum absolute atomic E-state index is 0.205. The molecule has 4 heteroatoms. The Labute approximate surface area is 76.3 Å². The molecule has 0 saturated carbocycles. The average Bonchev–Trinajstić information content (AvgIpc) is 2.37. The van der Waals surface area contributed by atoms with Crippen LogP contribution in [0.2, 0.25) is 0 Å². The molecule has 1 atom stereocenters. The van der Waals surface area contributed by atoms with Gasteiger partial charge in [-0.15, -0.1) is 11.3 Å². The van der Waals surface area contributed by atoms with Gasteiger partial charge in [-0.25, -0.2) is 4.98 Å². The zero-order chi connectivity index (χ0) is 9.14. The molecule has 3 nitrogen and oxygen atoms in total. The molecule has 0 amide bonds. The fourth-order valence-electron chi connectivity index (χ4n) is 0.890. The maximum absolute atomic E-state index is 8.83. The van der Waals surface area contributed by atoms with Crippen molar-refractivity contribution in [3.63, 3.8) is 0 Å². The highest BCUT2D eigenvalue weighted by molar-refractivity contribution is 7.11. The molecule has 1 aromatic rings. The molecular formula is C8H11N3S. The van der Waals surface area contributed by atoms with Gasteiger partial charge in [-0.2, -0.15) is 5.26 Å². The molecule has 1 unspecified atom stereocenters. The quantitative estimate of drug-likeness (QED) is 0.695. The van der Waals surface area contributed by atoms with E-state index in [0.29, 0.717) is 0 Å². The van der Waals surface area contributed by atoms with Crippen LogP contribution in [0.15, 0.2) is 6.20 Å². The first-order valence-corrected chi connectivity index (χ1v) is 4.45. The summed E-state index contributed by atoms with van der Waals surface area (Å²) in [6, 6.07) is 2.00. The molecular weight excluding hydrogens is 170 g/mol. The van der Waals surface area contributed by atoms with Crippen molar-refractivity contribution in [3.8, 4) is 6.07 Å². The van der Waals surface area contributed by atoms with E-state index in [9.17, 15) is 0 Å². The van der Waals surface area contributed by atoms with Crippen LogP contribution in [0.1, 0.15) is 15.9 Å². The Kier molecular flexibility index (Phi) is 2.79. The van der Waals surface area contributed by atoms with Crippen LogP contribution >= 0.6 is 11.3 Å². The first-order chi connectivity index (χ1) is 5.65. The van der Waals surface area contributed by atoms with Crippen molar-refractivity contribution < 1.29 is 0 Å². The monoisotopic (exact) mass is 181 g/mol. The Hall–Kier alpha value is -0.920. The smallest absolute Gasteiger partial charge is 0.150 e. The van der Waals surface area contributed by atoms with Crippen molar-refractivity contribution in [2.75, 3.05) is 14.1 Å². The molecule has 1 rings (SSSR count). The van der Waals surface area contributed by atoms with Gasteiger partial charge in [0.1, 0.15) is 11.0 Å². The largest absolute Gasteiger partial charge is 0.289 e. The third-order valence-electron chi connectivity index (χ3n) is 1.51. The van der Waals surface area contributed by atoms with Crippen molar-refractivity contribution >= 4 is 11.3 Å². The van der Waals surface area contributed by atoms with Gasteiger partial charge in [-0.3, -0.25) is 4.90 Å². The number of nitriles is 1. The first-order valence-electron chi connectivity index (χ1n) is 3.63. The van der Waals surface area contributed by atoms with E-state index in [1.54, 1.807) is 17.5 Å². The van der Waals surface area contributed by atoms with Gasteiger partial charge >= 0.3 is 0 Å². The highest BCUT2D eigenvalue weighted by Crippen LogP contribution is 2.21. The molecule has 0 N–H and O–H groups in total. The summed E-state index contributed by atoms with van der Waals surface area (Å²) in [4.78, 5) is 7.17. The second kappa shape index (κ2) is 3.65. The van der Waals surface area contributed by atoms with Crippen molar-refractivity contribution in [1.82, 2.24) is 9.88 Å². The predicted octanol–water partition coefficient (Wildman–Crippen LogP) is 1.58. The summed E-state index contributed by atoms with van der Waals surface area (Å²) in [6.45, 7) is 1.99. The summed E-state index contributed by atoms with van der Waals surface area (Å²) in [5, 5.41) is 9.71. The SMILES string of the molecule is Cc1cnc(C(C#N)N(C)C)s1. The van der Waals surface area contributed by atoms with Crippen LogP contribution in [-0.4, -0.2) is 24.0 Å². The molecule has 0 spiro atoms. The molecule has 0 bridgehead atoms. The molecule has 0 aliphatic carbocycles. The zero-order valence-electron chi connectivity index (χ0n) is 7.40. The van der Waals surface area contributed by atoms with Gasteiger partial charge in [-0.05, 0) is 21.0 Å². The lowest BCUT2D eigenvalue weighted by molar-refractivity contribution is 0.357. The van der Waals surface area contributed by atoms with E-state index in [0.717, 1.165) is 9.88 Å².